The Hall–Kier alpha value is -1.80. The van der Waals surface area contributed by atoms with Crippen molar-refractivity contribution in [3.63, 3.8) is 0 Å². The van der Waals surface area contributed by atoms with E-state index in [-0.39, 0.29) is 0 Å². The van der Waals surface area contributed by atoms with Gasteiger partial charge >= 0.3 is 0 Å². The van der Waals surface area contributed by atoms with Crippen molar-refractivity contribution in [1.29, 1.82) is 0 Å². The fraction of sp³-hybridized carbons (Fsp3) is 0.200. The summed E-state index contributed by atoms with van der Waals surface area (Å²) in [6.45, 7) is 1.68. The number of nitrogens with two attached hydrogens (primary N) is 1. The zero-order chi connectivity index (χ0) is 11.7. The molecule has 2 aromatic rings. The van der Waals surface area contributed by atoms with E-state index in [1.54, 1.807) is 0 Å². The van der Waals surface area contributed by atoms with Gasteiger partial charge in [0.1, 0.15) is 0 Å². The van der Waals surface area contributed by atoms with E-state index in [2.05, 4.69) is 53.4 Å². The van der Waals surface area contributed by atoms with Gasteiger partial charge in [-0.15, -0.1) is 0 Å². The molecule has 0 aromatic heterocycles. The first kappa shape index (κ1) is 10.4. The molecule has 2 aromatic carbocycles. The van der Waals surface area contributed by atoms with Crippen molar-refractivity contribution in [2.45, 2.75) is 13.0 Å². The van der Waals surface area contributed by atoms with Crippen LogP contribution in [0.1, 0.15) is 11.1 Å². The number of hydrogen-bond donors (Lipinski definition) is 1. The molecule has 2 nitrogen and oxygen atoms in total. The summed E-state index contributed by atoms with van der Waals surface area (Å²) in [5, 5.41) is 0. The van der Waals surface area contributed by atoms with E-state index in [4.69, 9.17) is 5.73 Å². The lowest BCUT2D eigenvalue weighted by Crippen LogP contribution is -2.13. The van der Waals surface area contributed by atoms with Gasteiger partial charge in [0.2, 0.25) is 0 Å². The van der Waals surface area contributed by atoms with Crippen molar-refractivity contribution in [3.8, 4) is 0 Å². The van der Waals surface area contributed by atoms with E-state index in [9.17, 15) is 0 Å². The highest BCUT2D eigenvalue weighted by molar-refractivity contribution is 5.69. The minimum Gasteiger partial charge on any atom is -0.341 e. The van der Waals surface area contributed by atoms with Crippen molar-refractivity contribution in [2.75, 3.05) is 11.4 Å². The highest BCUT2D eigenvalue weighted by Crippen LogP contribution is 2.34. The van der Waals surface area contributed by atoms with Gasteiger partial charge in [-0.25, -0.2) is 0 Å². The number of hydrogen-bond acceptors (Lipinski definition) is 2. The van der Waals surface area contributed by atoms with Crippen molar-refractivity contribution >= 4 is 11.4 Å². The van der Waals surface area contributed by atoms with E-state index >= 15 is 0 Å². The molecule has 0 spiro atoms. The third-order valence-electron chi connectivity index (χ3n) is 3.37. The fourth-order valence-electron chi connectivity index (χ4n) is 2.42. The maximum absolute atomic E-state index is 5.62. The van der Waals surface area contributed by atoms with Crippen molar-refractivity contribution in [2.24, 2.45) is 5.73 Å². The topological polar surface area (TPSA) is 29.3 Å². The number of benzene rings is 2. The lowest BCUT2D eigenvalue weighted by molar-refractivity contribution is 0.995. The summed E-state index contributed by atoms with van der Waals surface area (Å²) in [7, 11) is 0. The van der Waals surface area contributed by atoms with Crippen LogP contribution in [0.2, 0.25) is 0 Å². The average molecular weight is 224 g/mol. The Balaban J connectivity index is 1.95. The predicted octanol–water partition coefficient (Wildman–Crippen LogP) is 2.84. The van der Waals surface area contributed by atoms with Crippen LogP contribution in [-0.2, 0) is 13.0 Å². The second-order valence-corrected chi connectivity index (χ2v) is 4.40. The van der Waals surface area contributed by atoms with Gasteiger partial charge in [0.15, 0.2) is 0 Å². The Labute approximate surface area is 102 Å². The molecular formula is C15H16N2. The Morgan fingerprint density at radius 1 is 1.00 bits per heavy atom. The molecule has 3 rings (SSSR count). The fourth-order valence-corrected chi connectivity index (χ4v) is 2.42. The van der Waals surface area contributed by atoms with Crippen LogP contribution >= 0.6 is 0 Å². The van der Waals surface area contributed by atoms with Crippen LogP contribution in [0.5, 0.6) is 0 Å². The molecule has 0 atom stereocenters. The summed E-state index contributed by atoms with van der Waals surface area (Å²) in [6, 6.07) is 17.1. The van der Waals surface area contributed by atoms with Crippen molar-refractivity contribution in [3.05, 3.63) is 59.7 Å². The number of nitrogens with zero attached hydrogens (tertiary/aromatic N) is 1. The molecule has 0 unspecified atom stereocenters. The van der Waals surface area contributed by atoms with Crippen LogP contribution < -0.4 is 10.6 Å². The standard InChI is InChI=1S/C15H16N2/c16-11-12-5-7-14(8-6-12)17-10-9-13-3-1-2-4-15(13)17/h1-8H,9-11,16H2. The highest BCUT2D eigenvalue weighted by Gasteiger charge is 2.19. The number of fused-ring (bicyclic) bond motifs is 1. The molecule has 0 amide bonds. The summed E-state index contributed by atoms with van der Waals surface area (Å²) in [4.78, 5) is 2.37. The molecule has 86 valence electrons. The van der Waals surface area contributed by atoms with Crippen molar-refractivity contribution < 1.29 is 0 Å². The average Bonchev–Trinajstić information content (AvgIpc) is 2.83. The van der Waals surface area contributed by atoms with Crippen LogP contribution in [0.25, 0.3) is 0 Å². The molecule has 0 bridgehead atoms. The van der Waals surface area contributed by atoms with Gasteiger partial charge in [0.25, 0.3) is 0 Å². The molecule has 2 heteroatoms. The Morgan fingerprint density at radius 2 is 1.76 bits per heavy atom. The molecule has 1 aliphatic rings. The zero-order valence-corrected chi connectivity index (χ0v) is 9.76. The number of rotatable bonds is 2. The monoisotopic (exact) mass is 224 g/mol. The van der Waals surface area contributed by atoms with Crippen LogP contribution in [0.3, 0.4) is 0 Å². The predicted molar refractivity (Wildman–Crippen MR) is 71.5 cm³/mol. The van der Waals surface area contributed by atoms with Crippen LogP contribution in [-0.4, -0.2) is 6.54 Å². The zero-order valence-electron chi connectivity index (χ0n) is 9.76. The number of anilines is 2. The van der Waals surface area contributed by atoms with Gasteiger partial charge < -0.3 is 10.6 Å². The van der Waals surface area contributed by atoms with Crippen LogP contribution in [0.15, 0.2) is 48.5 Å². The molecule has 0 aliphatic carbocycles. The normalized spacial score (nSPS) is 13.8. The first-order chi connectivity index (χ1) is 8.38. The largest absolute Gasteiger partial charge is 0.341 e. The summed E-state index contributed by atoms with van der Waals surface area (Å²) in [5.74, 6) is 0. The maximum atomic E-state index is 5.62. The minimum absolute atomic E-state index is 0.608. The summed E-state index contributed by atoms with van der Waals surface area (Å²) in [6.07, 6.45) is 1.13. The minimum atomic E-state index is 0.608. The van der Waals surface area contributed by atoms with E-state index < -0.39 is 0 Å². The molecule has 0 fully saturated rings. The summed E-state index contributed by atoms with van der Waals surface area (Å²) < 4.78 is 0. The molecule has 0 saturated heterocycles. The van der Waals surface area contributed by atoms with Gasteiger partial charge in [0.05, 0.1) is 0 Å². The molecular weight excluding hydrogens is 208 g/mol. The Morgan fingerprint density at radius 3 is 2.53 bits per heavy atom. The first-order valence-corrected chi connectivity index (χ1v) is 6.03. The van der Waals surface area contributed by atoms with E-state index in [0.29, 0.717) is 6.54 Å². The third kappa shape index (κ3) is 1.81. The van der Waals surface area contributed by atoms with Crippen LogP contribution in [0.4, 0.5) is 11.4 Å². The lowest BCUT2D eigenvalue weighted by Gasteiger charge is -2.19. The summed E-state index contributed by atoms with van der Waals surface area (Å²) >= 11 is 0. The molecule has 0 radical (unpaired) electrons. The summed E-state index contributed by atoms with van der Waals surface area (Å²) in [5.41, 5.74) is 10.8. The molecule has 17 heavy (non-hydrogen) atoms. The first-order valence-electron chi connectivity index (χ1n) is 6.03. The van der Waals surface area contributed by atoms with Crippen molar-refractivity contribution in [1.82, 2.24) is 0 Å². The Bertz CT molecular complexity index is 517. The smallest absolute Gasteiger partial charge is 0.0444 e. The van der Waals surface area contributed by atoms with Gasteiger partial charge in [-0.3, -0.25) is 0 Å². The maximum Gasteiger partial charge on any atom is 0.0444 e. The van der Waals surface area contributed by atoms with Gasteiger partial charge in [-0.2, -0.15) is 0 Å². The molecule has 1 aliphatic heterocycles. The Kier molecular flexibility index (Phi) is 2.57. The highest BCUT2D eigenvalue weighted by atomic mass is 15.2. The second-order valence-electron chi connectivity index (χ2n) is 4.40. The second kappa shape index (κ2) is 4.22. The van der Waals surface area contributed by atoms with E-state index in [0.717, 1.165) is 13.0 Å². The van der Waals surface area contributed by atoms with E-state index in [1.807, 2.05) is 0 Å². The quantitative estimate of drug-likeness (QED) is 0.850. The third-order valence-corrected chi connectivity index (χ3v) is 3.37. The SMILES string of the molecule is NCc1ccc(N2CCc3ccccc32)cc1. The molecule has 0 saturated carbocycles. The van der Waals surface area contributed by atoms with Gasteiger partial charge in [-0.1, -0.05) is 30.3 Å². The van der Waals surface area contributed by atoms with Crippen LogP contribution in [0, 0.1) is 0 Å². The van der Waals surface area contributed by atoms with Gasteiger partial charge in [-0.05, 0) is 35.7 Å². The molecule has 1 heterocycles. The van der Waals surface area contributed by atoms with E-state index in [1.165, 1.54) is 22.5 Å². The lowest BCUT2D eigenvalue weighted by atomic mass is 10.1. The molecule has 2 N–H and O–H groups in total. The number of para-hydroxylation sites is 1. The van der Waals surface area contributed by atoms with Gasteiger partial charge in [0, 0.05) is 24.5 Å².